The number of aromatic nitrogens is 7. The van der Waals surface area contributed by atoms with Gasteiger partial charge in [-0.2, -0.15) is 5.10 Å². The standard InChI is InChI=1S/C23H19N7.C7H8N2O2/c24-21-18(6-2-11-25-21)22-27-19-9-10-20(29-13-3-12-26-29)28-23(19)30(22)17-8-7-15-4-1-5-16(15)14-17;1-11-6-3-2-5(4-9-6)7(8)10/h2-3,6-14H,1,4-5H2,(H2,24,25);2-4H,1H3,(H2,8,10). The van der Waals surface area contributed by atoms with Gasteiger partial charge in [-0.1, -0.05) is 6.07 Å². The molecule has 0 saturated carbocycles. The highest BCUT2D eigenvalue weighted by Gasteiger charge is 2.20. The number of primary amides is 1. The van der Waals surface area contributed by atoms with Crippen molar-refractivity contribution >= 4 is 22.9 Å². The van der Waals surface area contributed by atoms with Crippen molar-refractivity contribution in [1.82, 2.24) is 34.3 Å². The molecule has 1 aromatic carbocycles. The zero-order valence-corrected chi connectivity index (χ0v) is 22.3. The quantitative estimate of drug-likeness (QED) is 0.330. The summed E-state index contributed by atoms with van der Waals surface area (Å²) in [6.45, 7) is 0. The predicted octanol–water partition coefficient (Wildman–Crippen LogP) is 3.93. The fourth-order valence-corrected chi connectivity index (χ4v) is 4.86. The molecule has 0 atom stereocenters. The van der Waals surface area contributed by atoms with Gasteiger partial charge in [-0.3, -0.25) is 9.36 Å². The second-order valence-electron chi connectivity index (χ2n) is 9.43. The van der Waals surface area contributed by atoms with Gasteiger partial charge in [0.2, 0.25) is 11.8 Å². The molecule has 0 fully saturated rings. The average Bonchev–Trinajstić information content (AvgIpc) is 3.77. The molecule has 5 heterocycles. The summed E-state index contributed by atoms with van der Waals surface area (Å²) in [6, 6.07) is 19.4. The van der Waals surface area contributed by atoms with Crippen molar-refractivity contribution in [2.24, 2.45) is 5.73 Å². The van der Waals surface area contributed by atoms with Gasteiger partial charge >= 0.3 is 0 Å². The Morgan fingerprint density at radius 3 is 2.56 bits per heavy atom. The molecule has 1 aliphatic rings. The first-order chi connectivity index (χ1) is 20.0. The lowest BCUT2D eigenvalue weighted by atomic mass is 10.1. The number of hydrogen-bond donors (Lipinski definition) is 2. The molecule has 5 aromatic heterocycles. The number of fused-ring (bicyclic) bond motifs is 2. The maximum atomic E-state index is 10.5. The Hall–Kier alpha value is -5.58. The first-order valence-electron chi connectivity index (χ1n) is 13.0. The molecule has 4 N–H and O–H groups in total. The van der Waals surface area contributed by atoms with Gasteiger partial charge in [0.05, 0.1) is 18.2 Å². The van der Waals surface area contributed by atoms with Crippen LogP contribution in [0.25, 0.3) is 34.1 Å². The van der Waals surface area contributed by atoms with Crippen molar-refractivity contribution in [2.45, 2.75) is 19.3 Å². The number of pyridine rings is 3. The van der Waals surface area contributed by atoms with Crippen LogP contribution in [0.3, 0.4) is 0 Å². The smallest absolute Gasteiger partial charge is 0.250 e. The minimum Gasteiger partial charge on any atom is -0.481 e. The summed E-state index contributed by atoms with van der Waals surface area (Å²) < 4.78 is 8.61. The summed E-state index contributed by atoms with van der Waals surface area (Å²) in [4.78, 5) is 28.4. The number of amides is 1. The highest BCUT2D eigenvalue weighted by molar-refractivity contribution is 5.92. The van der Waals surface area contributed by atoms with E-state index in [1.54, 1.807) is 29.2 Å². The number of nitrogen functional groups attached to an aromatic ring is 1. The van der Waals surface area contributed by atoms with Crippen LogP contribution < -0.4 is 16.2 Å². The van der Waals surface area contributed by atoms with Gasteiger partial charge in [-0.15, -0.1) is 0 Å². The van der Waals surface area contributed by atoms with E-state index < -0.39 is 5.91 Å². The maximum Gasteiger partial charge on any atom is 0.250 e. The predicted molar refractivity (Wildman–Crippen MR) is 155 cm³/mol. The van der Waals surface area contributed by atoms with Crippen LogP contribution in [0.4, 0.5) is 5.82 Å². The normalized spacial score (nSPS) is 12.0. The molecular weight excluding hydrogens is 518 g/mol. The molecule has 1 amide bonds. The summed E-state index contributed by atoms with van der Waals surface area (Å²) in [7, 11) is 1.51. The van der Waals surface area contributed by atoms with Gasteiger partial charge in [0, 0.05) is 36.5 Å². The van der Waals surface area contributed by atoms with Gasteiger partial charge in [-0.25, -0.2) is 24.6 Å². The molecular formula is C30H27N9O2. The second kappa shape index (κ2) is 10.9. The van der Waals surface area contributed by atoms with Crippen LogP contribution in [0.2, 0.25) is 0 Å². The second-order valence-corrected chi connectivity index (χ2v) is 9.43. The summed E-state index contributed by atoms with van der Waals surface area (Å²) in [5.41, 5.74) is 17.8. The number of anilines is 1. The summed E-state index contributed by atoms with van der Waals surface area (Å²) in [5, 5.41) is 4.32. The molecule has 0 bridgehead atoms. The number of ether oxygens (including phenoxy) is 1. The van der Waals surface area contributed by atoms with Gasteiger partial charge in [-0.05, 0) is 78.9 Å². The highest BCUT2D eigenvalue weighted by atomic mass is 16.5. The van der Waals surface area contributed by atoms with Crippen LogP contribution in [0, 0.1) is 0 Å². The van der Waals surface area contributed by atoms with Crippen LogP contribution in [-0.2, 0) is 12.8 Å². The number of nitrogens with two attached hydrogens (primary N) is 2. The lowest BCUT2D eigenvalue weighted by Gasteiger charge is -2.12. The van der Waals surface area contributed by atoms with Crippen LogP contribution in [0.1, 0.15) is 27.9 Å². The Kier molecular flexibility index (Phi) is 6.82. The molecule has 11 heteroatoms. The van der Waals surface area contributed by atoms with Crippen LogP contribution in [-0.4, -0.2) is 47.3 Å². The van der Waals surface area contributed by atoms with Crippen molar-refractivity contribution in [3.05, 3.63) is 102 Å². The SMILES string of the molecule is COc1ccc(C(N)=O)cn1.Nc1ncccc1-c1nc2ccc(-n3cccn3)nc2n1-c1ccc2c(c1)CCC2. The Morgan fingerprint density at radius 2 is 1.83 bits per heavy atom. The summed E-state index contributed by atoms with van der Waals surface area (Å²) in [6.07, 6.45) is 10.1. The van der Waals surface area contributed by atoms with Crippen LogP contribution >= 0.6 is 0 Å². The molecule has 0 radical (unpaired) electrons. The van der Waals surface area contributed by atoms with E-state index in [9.17, 15) is 4.79 Å². The molecule has 41 heavy (non-hydrogen) atoms. The molecule has 204 valence electrons. The van der Waals surface area contributed by atoms with E-state index >= 15 is 0 Å². The molecule has 7 rings (SSSR count). The number of carbonyl (C=O) groups excluding carboxylic acids is 1. The van der Waals surface area contributed by atoms with E-state index in [1.165, 1.54) is 30.9 Å². The fourth-order valence-electron chi connectivity index (χ4n) is 4.86. The molecule has 6 aromatic rings. The van der Waals surface area contributed by atoms with Crippen molar-refractivity contribution < 1.29 is 9.53 Å². The number of imidazole rings is 1. The number of methoxy groups -OCH3 is 1. The number of nitrogens with zero attached hydrogens (tertiary/aromatic N) is 7. The highest BCUT2D eigenvalue weighted by Crippen LogP contribution is 2.32. The maximum absolute atomic E-state index is 10.5. The third-order valence-corrected chi connectivity index (χ3v) is 6.88. The summed E-state index contributed by atoms with van der Waals surface area (Å²) >= 11 is 0. The van der Waals surface area contributed by atoms with E-state index in [2.05, 4.69) is 37.8 Å². The Morgan fingerprint density at radius 1 is 0.951 bits per heavy atom. The number of rotatable bonds is 5. The number of carbonyl (C=O) groups is 1. The van der Waals surface area contributed by atoms with E-state index in [1.807, 2.05) is 36.5 Å². The van der Waals surface area contributed by atoms with E-state index in [-0.39, 0.29) is 0 Å². The molecule has 0 spiro atoms. The van der Waals surface area contributed by atoms with Gasteiger partial charge in [0.25, 0.3) is 0 Å². The monoisotopic (exact) mass is 545 g/mol. The largest absolute Gasteiger partial charge is 0.481 e. The van der Waals surface area contributed by atoms with E-state index in [4.69, 9.17) is 26.2 Å². The number of aryl methyl sites for hydroxylation is 2. The minimum absolute atomic E-state index is 0.380. The van der Waals surface area contributed by atoms with E-state index in [0.29, 0.717) is 17.3 Å². The molecule has 0 unspecified atom stereocenters. The lowest BCUT2D eigenvalue weighted by molar-refractivity contribution is 0.1000. The van der Waals surface area contributed by atoms with Gasteiger partial charge in [0.1, 0.15) is 11.3 Å². The first-order valence-corrected chi connectivity index (χ1v) is 13.0. The van der Waals surface area contributed by atoms with Crippen LogP contribution in [0.15, 0.2) is 85.5 Å². The van der Waals surface area contributed by atoms with Crippen molar-refractivity contribution in [1.29, 1.82) is 0 Å². The van der Waals surface area contributed by atoms with E-state index in [0.717, 1.165) is 46.9 Å². The number of hydrogen-bond acceptors (Lipinski definition) is 8. The van der Waals surface area contributed by atoms with Gasteiger partial charge < -0.3 is 16.2 Å². The minimum atomic E-state index is -0.486. The third kappa shape index (κ3) is 5.08. The number of benzene rings is 1. The Balaban J connectivity index is 0.000000233. The topological polar surface area (TPSA) is 153 Å². The first kappa shape index (κ1) is 25.7. The average molecular weight is 546 g/mol. The van der Waals surface area contributed by atoms with Gasteiger partial charge in [0.15, 0.2) is 17.3 Å². The van der Waals surface area contributed by atoms with Crippen molar-refractivity contribution in [2.75, 3.05) is 12.8 Å². The van der Waals surface area contributed by atoms with Crippen LogP contribution in [0.5, 0.6) is 5.88 Å². The fraction of sp³-hybridized carbons (Fsp3) is 0.133. The zero-order chi connectivity index (χ0) is 28.3. The third-order valence-electron chi connectivity index (χ3n) is 6.88. The molecule has 0 aliphatic heterocycles. The Labute approximate surface area is 235 Å². The zero-order valence-electron chi connectivity index (χ0n) is 22.3. The van der Waals surface area contributed by atoms with Crippen molar-refractivity contribution in [3.63, 3.8) is 0 Å². The molecule has 0 saturated heterocycles. The molecule has 11 nitrogen and oxygen atoms in total. The van der Waals surface area contributed by atoms with Crippen molar-refractivity contribution in [3.8, 4) is 28.8 Å². The summed E-state index contributed by atoms with van der Waals surface area (Å²) in [5.74, 6) is 1.90. The lowest BCUT2D eigenvalue weighted by Crippen LogP contribution is -2.10. The molecule has 1 aliphatic carbocycles. The Bertz CT molecular complexity index is 1840.